The molecule has 0 amide bonds. The molecule has 4 nitrogen and oxygen atoms in total. The second-order valence-electron chi connectivity index (χ2n) is 7.11. The van der Waals surface area contributed by atoms with Crippen molar-refractivity contribution in [2.24, 2.45) is 0 Å². The Morgan fingerprint density at radius 3 is 2.57 bits per heavy atom. The smallest absolute Gasteiger partial charge is 0.146 e. The van der Waals surface area contributed by atoms with Gasteiger partial charge in [-0.1, -0.05) is 18.2 Å². The lowest BCUT2D eigenvalue weighted by molar-refractivity contribution is 0.213. The van der Waals surface area contributed by atoms with Crippen LogP contribution in [-0.4, -0.2) is 41.2 Å². The number of nitrogens with zero attached hydrogens (tertiary/aromatic N) is 3. The molecule has 2 aromatic heterocycles. The average Bonchev–Trinajstić information content (AvgIpc) is 3.13. The fraction of sp³-hybridized carbons (Fsp3) is 0.318. The van der Waals surface area contributed by atoms with E-state index >= 15 is 0 Å². The van der Waals surface area contributed by atoms with Gasteiger partial charge in [0, 0.05) is 54.2 Å². The first-order valence-electron chi connectivity index (χ1n) is 9.52. The van der Waals surface area contributed by atoms with Crippen molar-refractivity contribution in [2.75, 3.05) is 31.1 Å². The van der Waals surface area contributed by atoms with Gasteiger partial charge in [0.15, 0.2) is 0 Å². The van der Waals surface area contributed by atoms with Crippen LogP contribution in [0.25, 0.3) is 0 Å². The Bertz CT molecular complexity index is 923. The van der Waals surface area contributed by atoms with Crippen molar-refractivity contribution in [1.29, 1.82) is 0 Å². The molecule has 1 saturated heterocycles. The van der Waals surface area contributed by atoms with E-state index in [2.05, 4.69) is 28.9 Å². The molecule has 1 unspecified atom stereocenters. The second-order valence-corrected chi connectivity index (χ2v) is 8.48. The van der Waals surface area contributed by atoms with Crippen molar-refractivity contribution in [3.8, 4) is 0 Å². The summed E-state index contributed by atoms with van der Waals surface area (Å²) >= 11 is 1.83. The number of aliphatic hydroxyl groups is 1. The van der Waals surface area contributed by atoms with Crippen LogP contribution in [-0.2, 0) is 6.54 Å². The highest BCUT2D eigenvalue weighted by Gasteiger charge is 2.25. The number of hydrogen-bond donors (Lipinski definition) is 1. The lowest BCUT2D eigenvalue weighted by Crippen LogP contribution is -2.46. The number of para-hydroxylation sites is 1. The SMILES string of the molecule is Cc1ccc(CN2CCN(c3c(F)cccc3C(O)c3ccccn3)CC2)s1. The molecule has 1 aliphatic rings. The van der Waals surface area contributed by atoms with Gasteiger partial charge in [0.2, 0.25) is 0 Å². The predicted octanol–water partition coefficient (Wildman–Crippen LogP) is 3.99. The molecule has 1 aromatic carbocycles. The minimum atomic E-state index is -0.945. The number of pyridine rings is 1. The van der Waals surface area contributed by atoms with Gasteiger partial charge in [0.25, 0.3) is 0 Å². The van der Waals surface area contributed by atoms with Gasteiger partial charge in [0.05, 0.1) is 11.4 Å². The maximum absolute atomic E-state index is 14.8. The van der Waals surface area contributed by atoms with E-state index in [-0.39, 0.29) is 5.82 Å². The maximum Gasteiger partial charge on any atom is 0.146 e. The molecule has 0 radical (unpaired) electrons. The van der Waals surface area contributed by atoms with Crippen molar-refractivity contribution in [3.05, 3.63) is 81.6 Å². The molecule has 1 atom stereocenters. The highest BCUT2D eigenvalue weighted by molar-refractivity contribution is 7.11. The van der Waals surface area contributed by atoms with E-state index in [1.165, 1.54) is 15.8 Å². The van der Waals surface area contributed by atoms with Crippen LogP contribution in [0.4, 0.5) is 10.1 Å². The predicted molar refractivity (Wildman–Crippen MR) is 111 cm³/mol. The Balaban J connectivity index is 1.50. The molecule has 1 aliphatic heterocycles. The summed E-state index contributed by atoms with van der Waals surface area (Å²) in [6.07, 6.45) is 0.696. The Labute approximate surface area is 168 Å². The van der Waals surface area contributed by atoms with E-state index in [0.717, 1.165) is 32.7 Å². The van der Waals surface area contributed by atoms with Crippen LogP contribution in [0, 0.1) is 12.7 Å². The number of aryl methyl sites for hydroxylation is 1. The monoisotopic (exact) mass is 397 g/mol. The number of hydrogen-bond acceptors (Lipinski definition) is 5. The second kappa shape index (κ2) is 8.39. The molecule has 1 fully saturated rings. The zero-order valence-electron chi connectivity index (χ0n) is 15.9. The molecule has 28 heavy (non-hydrogen) atoms. The minimum Gasteiger partial charge on any atom is -0.382 e. The largest absolute Gasteiger partial charge is 0.382 e. The van der Waals surface area contributed by atoms with Crippen molar-refractivity contribution in [2.45, 2.75) is 19.6 Å². The summed E-state index contributed by atoms with van der Waals surface area (Å²) in [6, 6.07) is 14.6. The van der Waals surface area contributed by atoms with Gasteiger partial charge in [-0.3, -0.25) is 9.88 Å². The average molecular weight is 398 g/mol. The van der Waals surface area contributed by atoms with Crippen LogP contribution in [0.15, 0.2) is 54.7 Å². The summed E-state index contributed by atoms with van der Waals surface area (Å²) in [5.74, 6) is -0.296. The molecule has 146 valence electrons. The van der Waals surface area contributed by atoms with Gasteiger partial charge < -0.3 is 10.0 Å². The summed E-state index contributed by atoms with van der Waals surface area (Å²) in [7, 11) is 0. The normalized spacial score (nSPS) is 16.3. The Morgan fingerprint density at radius 2 is 1.89 bits per heavy atom. The van der Waals surface area contributed by atoms with E-state index in [0.29, 0.717) is 16.9 Å². The van der Waals surface area contributed by atoms with Gasteiger partial charge in [0.1, 0.15) is 11.9 Å². The third-order valence-electron chi connectivity index (χ3n) is 5.14. The highest BCUT2D eigenvalue weighted by atomic mass is 32.1. The summed E-state index contributed by atoms with van der Waals surface area (Å²) in [5, 5.41) is 10.8. The summed E-state index contributed by atoms with van der Waals surface area (Å²) in [5.41, 5.74) is 1.59. The number of benzene rings is 1. The Morgan fingerprint density at radius 1 is 1.07 bits per heavy atom. The third-order valence-corrected chi connectivity index (χ3v) is 6.13. The van der Waals surface area contributed by atoms with E-state index in [1.54, 1.807) is 30.5 Å². The highest BCUT2D eigenvalue weighted by Crippen LogP contribution is 2.33. The van der Waals surface area contributed by atoms with Gasteiger partial charge in [-0.25, -0.2) is 4.39 Å². The standard InChI is InChI=1S/C22H24FN3OS/c1-16-8-9-17(28-16)15-25-11-13-26(14-12-25)21-18(5-4-6-19(21)23)22(27)20-7-2-3-10-24-20/h2-10,22,27H,11-15H2,1H3. The zero-order valence-corrected chi connectivity index (χ0v) is 16.7. The summed E-state index contributed by atoms with van der Waals surface area (Å²) < 4.78 is 14.8. The van der Waals surface area contributed by atoms with Crippen LogP contribution >= 0.6 is 11.3 Å². The molecule has 0 saturated carbocycles. The number of halogens is 1. The van der Waals surface area contributed by atoms with Crippen LogP contribution in [0.1, 0.15) is 27.1 Å². The molecule has 3 aromatic rings. The van der Waals surface area contributed by atoms with Crippen LogP contribution in [0.5, 0.6) is 0 Å². The molecule has 4 rings (SSSR count). The molecule has 6 heteroatoms. The van der Waals surface area contributed by atoms with E-state index < -0.39 is 6.10 Å². The van der Waals surface area contributed by atoms with Crippen molar-refractivity contribution < 1.29 is 9.50 Å². The lowest BCUT2D eigenvalue weighted by Gasteiger charge is -2.37. The van der Waals surface area contributed by atoms with Gasteiger partial charge in [-0.2, -0.15) is 0 Å². The first-order chi connectivity index (χ1) is 13.6. The Kier molecular flexibility index (Phi) is 5.71. The molecule has 0 spiro atoms. The number of aliphatic hydroxyl groups excluding tert-OH is 1. The van der Waals surface area contributed by atoms with Crippen molar-refractivity contribution in [3.63, 3.8) is 0 Å². The number of piperazine rings is 1. The van der Waals surface area contributed by atoms with Crippen LogP contribution < -0.4 is 4.90 Å². The Hall–Kier alpha value is -2.28. The molecular weight excluding hydrogens is 373 g/mol. The number of rotatable bonds is 5. The fourth-order valence-electron chi connectivity index (χ4n) is 3.70. The number of thiophene rings is 1. The van der Waals surface area contributed by atoms with Crippen molar-refractivity contribution in [1.82, 2.24) is 9.88 Å². The number of anilines is 1. The topological polar surface area (TPSA) is 39.6 Å². The minimum absolute atomic E-state index is 0.296. The van der Waals surface area contributed by atoms with Crippen LogP contribution in [0.2, 0.25) is 0 Å². The third kappa shape index (κ3) is 4.09. The first-order valence-corrected chi connectivity index (χ1v) is 10.3. The van der Waals surface area contributed by atoms with Gasteiger partial charge in [-0.05, 0) is 37.3 Å². The molecular formula is C22H24FN3OS. The lowest BCUT2D eigenvalue weighted by atomic mass is 10.0. The van der Waals surface area contributed by atoms with Crippen LogP contribution in [0.3, 0.4) is 0 Å². The molecule has 0 aliphatic carbocycles. The van der Waals surface area contributed by atoms with E-state index in [1.807, 2.05) is 22.3 Å². The summed E-state index contributed by atoms with van der Waals surface area (Å²) in [4.78, 5) is 11.4. The zero-order chi connectivity index (χ0) is 19.5. The molecule has 0 bridgehead atoms. The van der Waals surface area contributed by atoms with Gasteiger partial charge in [-0.15, -0.1) is 11.3 Å². The van der Waals surface area contributed by atoms with E-state index in [9.17, 15) is 9.50 Å². The first kappa shape index (κ1) is 19.1. The number of aromatic nitrogens is 1. The van der Waals surface area contributed by atoms with Gasteiger partial charge >= 0.3 is 0 Å². The van der Waals surface area contributed by atoms with E-state index in [4.69, 9.17) is 0 Å². The fourth-order valence-corrected chi connectivity index (χ4v) is 4.64. The molecule has 1 N–H and O–H groups in total. The van der Waals surface area contributed by atoms with Crippen molar-refractivity contribution >= 4 is 17.0 Å². The summed E-state index contributed by atoms with van der Waals surface area (Å²) in [6.45, 7) is 6.25. The molecule has 3 heterocycles. The quantitative estimate of drug-likeness (QED) is 0.707. The maximum atomic E-state index is 14.8.